The molecule has 1 heterocycles. The third kappa shape index (κ3) is 3.42. The molecule has 0 amide bonds. The lowest BCUT2D eigenvalue weighted by molar-refractivity contribution is 0.380. The van der Waals surface area contributed by atoms with E-state index in [0.717, 1.165) is 44.3 Å². The third-order valence-electron chi connectivity index (χ3n) is 4.01. The van der Waals surface area contributed by atoms with Crippen LogP contribution in [0.2, 0.25) is 0 Å². The van der Waals surface area contributed by atoms with Crippen LogP contribution in [0, 0.1) is 13.8 Å². The standard InChI is InChI=1S/C16H25N3S/c1-4-8-17-16(20)19-11-9-18(10-12-19)15-7-5-6-13(2)14(15)3/h5-7H,4,8-12H2,1-3H3,(H,17,20). The Hall–Kier alpha value is -1.29. The Balaban J connectivity index is 1.94. The molecule has 4 heteroatoms. The van der Waals surface area contributed by atoms with Gasteiger partial charge >= 0.3 is 0 Å². The molecule has 20 heavy (non-hydrogen) atoms. The summed E-state index contributed by atoms with van der Waals surface area (Å²) < 4.78 is 0. The summed E-state index contributed by atoms with van der Waals surface area (Å²) in [6, 6.07) is 6.56. The Morgan fingerprint density at radius 2 is 1.90 bits per heavy atom. The van der Waals surface area contributed by atoms with Gasteiger partial charge in [-0.05, 0) is 49.7 Å². The van der Waals surface area contributed by atoms with E-state index in [2.05, 4.69) is 54.1 Å². The van der Waals surface area contributed by atoms with Crippen LogP contribution < -0.4 is 10.2 Å². The molecule has 1 aliphatic rings. The van der Waals surface area contributed by atoms with Crippen molar-refractivity contribution >= 4 is 23.0 Å². The zero-order valence-electron chi connectivity index (χ0n) is 12.8. The first-order chi connectivity index (χ1) is 9.63. The fourth-order valence-electron chi connectivity index (χ4n) is 2.57. The Bertz CT molecular complexity index is 465. The molecule has 0 saturated carbocycles. The van der Waals surface area contributed by atoms with Crippen LogP contribution in [-0.4, -0.2) is 42.7 Å². The van der Waals surface area contributed by atoms with Crippen molar-refractivity contribution in [3.8, 4) is 0 Å². The lowest BCUT2D eigenvalue weighted by atomic mass is 10.1. The second kappa shape index (κ2) is 6.93. The van der Waals surface area contributed by atoms with Gasteiger partial charge in [0.25, 0.3) is 0 Å². The molecule has 0 bridgehead atoms. The molecule has 2 rings (SSSR count). The molecule has 1 aliphatic heterocycles. The summed E-state index contributed by atoms with van der Waals surface area (Å²) in [5, 5.41) is 4.23. The molecule has 0 aliphatic carbocycles. The highest BCUT2D eigenvalue weighted by Crippen LogP contribution is 2.23. The summed E-state index contributed by atoms with van der Waals surface area (Å²) in [6.45, 7) is 11.6. The van der Waals surface area contributed by atoms with E-state index in [1.54, 1.807) is 0 Å². The molecule has 110 valence electrons. The van der Waals surface area contributed by atoms with Crippen LogP contribution in [0.3, 0.4) is 0 Å². The van der Waals surface area contributed by atoms with Crippen molar-refractivity contribution in [1.82, 2.24) is 10.2 Å². The summed E-state index contributed by atoms with van der Waals surface area (Å²) in [5.74, 6) is 0. The minimum Gasteiger partial charge on any atom is -0.368 e. The van der Waals surface area contributed by atoms with E-state index in [1.165, 1.54) is 16.8 Å². The van der Waals surface area contributed by atoms with E-state index in [0.29, 0.717) is 0 Å². The molecule has 0 spiro atoms. The largest absolute Gasteiger partial charge is 0.368 e. The van der Waals surface area contributed by atoms with Crippen molar-refractivity contribution in [3.63, 3.8) is 0 Å². The highest BCUT2D eigenvalue weighted by molar-refractivity contribution is 7.80. The van der Waals surface area contributed by atoms with Crippen LogP contribution in [-0.2, 0) is 0 Å². The van der Waals surface area contributed by atoms with Gasteiger partial charge in [0.1, 0.15) is 0 Å². The van der Waals surface area contributed by atoms with E-state index in [1.807, 2.05) is 0 Å². The van der Waals surface area contributed by atoms with Gasteiger partial charge < -0.3 is 15.1 Å². The van der Waals surface area contributed by atoms with Crippen LogP contribution in [0.1, 0.15) is 24.5 Å². The van der Waals surface area contributed by atoms with Crippen molar-refractivity contribution in [2.75, 3.05) is 37.6 Å². The van der Waals surface area contributed by atoms with Crippen molar-refractivity contribution in [3.05, 3.63) is 29.3 Å². The van der Waals surface area contributed by atoms with Crippen molar-refractivity contribution < 1.29 is 0 Å². The SMILES string of the molecule is CCCNC(=S)N1CCN(c2cccc(C)c2C)CC1. The molecular weight excluding hydrogens is 266 g/mol. The van der Waals surface area contributed by atoms with E-state index >= 15 is 0 Å². The van der Waals surface area contributed by atoms with Crippen LogP contribution >= 0.6 is 12.2 Å². The summed E-state index contributed by atoms with van der Waals surface area (Å²) in [6.07, 6.45) is 1.11. The lowest BCUT2D eigenvalue weighted by Gasteiger charge is -2.38. The number of hydrogen-bond acceptors (Lipinski definition) is 2. The average Bonchev–Trinajstić information content (AvgIpc) is 2.48. The van der Waals surface area contributed by atoms with Crippen LogP contribution in [0.15, 0.2) is 18.2 Å². The molecule has 1 saturated heterocycles. The first-order valence-electron chi connectivity index (χ1n) is 7.47. The summed E-state index contributed by atoms with van der Waals surface area (Å²) in [5.41, 5.74) is 4.13. The van der Waals surface area contributed by atoms with Gasteiger partial charge in [-0.25, -0.2) is 0 Å². The summed E-state index contributed by atoms with van der Waals surface area (Å²) >= 11 is 5.44. The smallest absolute Gasteiger partial charge is 0.169 e. The van der Waals surface area contributed by atoms with Gasteiger partial charge in [-0.15, -0.1) is 0 Å². The predicted octanol–water partition coefficient (Wildman–Crippen LogP) is 2.71. The Morgan fingerprint density at radius 1 is 1.20 bits per heavy atom. The van der Waals surface area contributed by atoms with Crippen LogP contribution in [0.25, 0.3) is 0 Å². The molecule has 1 aromatic carbocycles. The highest BCUT2D eigenvalue weighted by atomic mass is 32.1. The van der Waals surface area contributed by atoms with E-state index in [9.17, 15) is 0 Å². The summed E-state index contributed by atoms with van der Waals surface area (Å²) in [4.78, 5) is 4.76. The Morgan fingerprint density at radius 3 is 2.55 bits per heavy atom. The zero-order valence-corrected chi connectivity index (χ0v) is 13.6. The molecule has 0 unspecified atom stereocenters. The lowest BCUT2D eigenvalue weighted by Crippen LogP contribution is -2.52. The molecule has 0 radical (unpaired) electrons. The number of rotatable bonds is 3. The van der Waals surface area contributed by atoms with Crippen LogP contribution in [0.4, 0.5) is 5.69 Å². The van der Waals surface area contributed by atoms with Gasteiger partial charge in [-0.3, -0.25) is 0 Å². The molecule has 1 N–H and O–H groups in total. The number of aryl methyl sites for hydroxylation is 1. The number of thiocarbonyl (C=S) groups is 1. The van der Waals surface area contributed by atoms with E-state index in [-0.39, 0.29) is 0 Å². The normalized spacial score (nSPS) is 15.3. The van der Waals surface area contributed by atoms with E-state index < -0.39 is 0 Å². The van der Waals surface area contributed by atoms with Crippen molar-refractivity contribution in [2.24, 2.45) is 0 Å². The fraction of sp³-hybridized carbons (Fsp3) is 0.562. The maximum atomic E-state index is 5.44. The fourth-order valence-corrected chi connectivity index (χ4v) is 2.86. The van der Waals surface area contributed by atoms with Crippen molar-refractivity contribution in [2.45, 2.75) is 27.2 Å². The van der Waals surface area contributed by atoms with Gasteiger partial charge in [0.15, 0.2) is 5.11 Å². The number of nitrogens with one attached hydrogen (secondary N) is 1. The zero-order chi connectivity index (χ0) is 14.5. The first-order valence-corrected chi connectivity index (χ1v) is 7.88. The second-order valence-corrected chi connectivity index (χ2v) is 5.81. The molecular formula is C16H25N3S. The van der Waals surface area contributed by atoms with Gasteiger partial charge in [0, 0.05) is 38.4 Å². The summed E-state index contributed by atoms with van der Waals surface area (Å²) in [7, 11) is 0. The molecule has 0 aromatic heterocycles. The first kappa shape index (κ1) is 15.1. The molecule has 0 atom stereocenters. The van der Waals surface area contributed by atoms with E-state index in [4.69, 9.17) is 12.2 Å². The van der Waals surface area contributed by atoms with Gasteiger partial charge in [0.05, 0.1) is 0 Å². The number of anilines is 1. The number of benzene rings is 1. The number of hydrogen-bond donors (Lipinski definition) is 1. The third-order valence-corrected chi connectivity index (χ3v) is 4.41. The van der Waals surface area contributed by atoms with Gasteiger partial charge in [0.2, 0.25) is 0 Å². The maximum Gasteiger partial charge on any atom is 0.169 e. The highest BCUT2D eigenvalue weighted by Gasteiger charge is 2.20. The second-order valence-electron chi connectivity index (χ2n) is 5.43. The monoisotopic (exact) mass is 291 g/mol. The molecule has 1 aromatic rings. The predicted molar refractivity (Wildman–Crippen MR) is 90.6 cm³/mol. The van der Waals surface area contributed by atoms with Gasteiger partial charge in [-0.2, -0.15) is 0 Å². The Labute approximate surface area is 128 Å². The maximum absolute atomic E-state index is 5.44. The number of piperazine rings is 1. The van der Waals surface area contributed by atoms with Gasteiger partial charge in [-0.1, -0.05) is 19.1 Å². The number of nitrogens with zero attached hydrogens (tertiary/aromatic N) is 2. The topological polar surface area (TPSA) is 18.5 Å². The van der Waals surface area contributed by atoms with Crippen molar-refractivity contribution in [1.29, 1.82) is 0 Å². The average molecular weight is 291 g/mol. The molecule has 3 nitrogen and oxygen atoms in total. The van der Waals surface area contributed by atoms with Crippen LogP contribution in [0.5, 0.6) is 0 Å². The Kier molecular flexibility index (Phi) is 5.24. The quantitative estimate of drug-likeness (QED) is 0.863. The minimum absolute atomic E-state index is 0.910. The minimum atomic E-state index is 0.910. The molecule has 1 fully saturated rings.